The van der Waals surface area contributed by atoms with Gasteiger partial charge in [0.25, 0.3) is 5.91 Å². The van der Waals surface area contributed by atoms with Gasteiger partial charge in [0, 0.05) is 6.20 Å². The number of amides is 1. The van der Waals surface area contributed by atoms with Crippen molar-refractivity contribution in [3.8, 4) is 0 Å². The zero-order valence-corrected chi connectivity index (χ0v) is 10.3. The van der Waals surface area contributed by atoms with Crippen molar-refractivity contribution in [2.24, 2.45) is 0 Å². The standard InChI is InChI=1S/C14H12N2O3/c1-9-4-5-11(12(7-9)14(18)19)13(17)16-10-3-2-6-15-8-10/h2-8H,1H3,(H,16,17)(H,18,19). The zero-order chi connectivity index (χ0) is 13.8. The molecule has 2 aromatic rings. The lowest BCUT2D eigenvalue weighted by Gasteiger charge is -2.08. The summed E-state index contributed by atoms with van der Waals surface area (Å²) in [5.41, 5.74) is 1.42. The van der Waals surface area contributed by atoms with Gasteiger partial charge in [-0.3, -0.25) is 9.78 Å². The van der Waals surface area contributed by atoms with Crippen LogP contribution in [0.2, 0.25) is 0 Å². The molecule has 0 aliphatic carbocycles. The van der Waals surface area contributed by atoms with E-state index in [2.05, 4.69) is 10.3 Å². The van der Waals surface area contributed by atoms with Gasteiger partial charge in [0.05, 0.1) is 23.0 Å². The first-order chi connectivity index (χ1) is 9.08. The predicted octanol–water partition coefficient (Wildman–Crippen LogP) is 2.34. The van der Waals surface area contributed by atoms with E-state index in [0.717, 1.165) is 5.56 Å². The fourth-order valence-electron chi connectivity index (χ4n) is 1.67. The van der Waals surface area contributed by atoms with Crippen molar-refractivity contribution in [3.63, 3.8) is 0 Å². The molecular formula is C14H12N2O3. The Hall–Kier alpha value is -2.69. The summed E-state index contributed by atoms with van der Waals surface area (Å²) in [5, 5.41) is 11.7. The van der Waals surface area contributed by atoms with Crippen LogP contribution < -0.4 is 5.32 Å². The normalized spacial score (nSPS) is 9.95. The lowest BCUT2D eigenvalue weighted by atomic mass is 10.0. The first-order valence-electron chi connectivity index (χ1n) is 5.63. The summed E-state index contributed by atoms with van der Waals surface area (Å²) in [6, 6.07) is 8.04. The largest absolute Gasteiger partial charge is 0.478 e. The Morgan fingerprint density at radius 1 is 1.21 bits per heavy atom. The number of carboxylic acid groups (broad SMARTS) is 1. The van der Waals surface area contributed by atoms with Crippen molar-refractivity contribution in [1.29, 1.82) is 0 Å². The molecule has 0 spiro atoms. The Bertz CT molecular complexity index is 624. The Labute approximate surface area is 109 Å². The molecule has 0 unspecified atom stereocenters. The molecular weight excluding hydrogens is 244 g/mol. The van der Waals surface area contributed by atoms with Gasteiger partial charge < -0.3 is 10.4 Å². The second-order valence-electron chi connectivity index (χ2n) is 4.05. The molecule has 0 saturated heterocycles. The molecule has 96 valence electrons. The molecule has 1 heterocycles. The molecule has 0 atom stereocenters. The van der Waals surface area contributed by atoms with E-state index >= 15 is 0 Å². The number of rotatable bonds is 3. The summed E-state index contributed by atoms with van der Waals surface area (Å²) in [6.45, 7) is 1.77. The van der Waals surface area contributed by atoms with Crippen LogP contribution in [0.5, 0.6) is 0 Å². The first kappa shape index (κ1) is 12.8. The number of carboxylic acids is 1. The molecule has 2 rings (SSSR count). The number of pyridine rings is 1. The van der Waals surface area contributed by atoms with E-state index in [1.54, 1.807) is 31.3 Å². The van der Waals surface area contributed by atoms with E-state index in [1.807, 2.05) is 0 Å². The Balaban J connectivity index is 2.31. The lowest BCUT2D eigenvalue weighted by molar-refractivity contribution is 0.0692. The predicted molar refractivity (Wildman–Crippen MR) is 70.3 cm³/mol. The number of carbonyl (C=O) groups is 2. The number of hydrogen-bond acceptors (Lipinski definition) is 3. The van der Waals surface area contributed by atoms with Crippen LogP contribution in [0, 0.1) is 6.92 Å². The van der Waals surface area contributed by atoms with E-state index in [9.17, 15) is 9.59 Å². The number of aromatic nitrogens is 1. The molecule has 5 heteroatoms. The highest BCUT2D eigenvalue weighted by atomic mass is 16.4. The van der Waals surface area contributed by atoms with Crippen molar-refractivity contribution in [2.45, 2.75) is 6.92 Å². The van der Waals surface area contributed by atoms with Crippen molar-refractivity contribution < 1.29 is 14.7 Å². The number of benzene rings is 1. The molecule has 0 saturated carbocycles. The fraction of sp³-hybridized carbons (Fsp3) is 0.0714. The SMILES string of the molecule is Cc1ccc(C(=O)Nc2cccnc2)c(C(=O)O)c1. The zero-order valence-electron chi connectivity index (χ0n) is 10.3. The van der Waals surface area contributed by atoms with Gasteiger partial charge in [0.2, 0.25) is 0 Å². The third-order valence-corrected chi connectivity index (χ3v) is 2.57. The molecule has 0 bridgehead atoms. The molecule has 0 aliphatic rings. The fourth-order valence-corrected chi connectivity index (χ4v) is 1.67. The van der Waals surface area contributed by atoms with Crippen molar-refractivity contribution in [1.82, 2.24) is 4.98 Å². The van der Waals surface area contributed by atoms with E-state index in [4.69, 9.17) is 5.11 Å². The minimum Gasteiger partial charge on any atom is -0.478 e. The van der Waals surface area contributed by atoms with Gasteiger partial charge in [0.15, 0.2) is 0 Å². The van der Waals surface area contributed by atoms with Crippen molar-refractivity contribution >= 4 is 17.6 Å². The Kier molecular flexibility index (Phi) is 3.56. The van der Waals surface area contributed by atoms with Crippen LogP contribution in [0.1, 0.15) is 26.3 Å². The highest BCUT2D eigenvalue weighted by Crippen LogP contribution is 2.14. The molecule has 2 N–H and O–H groups in total. The van der Waals surface area contributed by atoms with E-state index in [0.29, 0.717) is 5.69 Å². The van der Waals surface area contributed by atoms with Crippen LogP contribution in [0.25, 0.3) is 0 Å². The van der Waals surface area contributed by atoms with E-state index < -0.39 is 11.9 Å². The van der Waals surface area contributed by atoms with Crippen LogP contribution in [0.15, 0.2) is 42.7 Å². The second kappa shape index (κ2) is 5.30. The summed E-state index contributed by atoms with van der Waals surface area (Å²) in [6.07, 6.45) is 3.08. The maximum Gasteiger partial charge on any atom is 0.336 e. The van der Waals surface area contributed by atoms with Crippen molar-refractivity contribution in [2.75, 3.05) is 5.32 Å². The molecule has 5 nitrogen and oxygen atoms in total. The maximum absolute atomic E-state index is 12.0. The van der Waals surface area contributed by atoms with Gasteiger partial charge in [-0.15, -0.1) is 0 Å². The number of aromatic carboxylic acids is 1. The van der Waals surface area contributed by atoms with Crippen LogP contribution in [0.4, 0.5) is 5.69 Å². The van der Waals surface area contributed by atoms with Crippen LogP contribution in [0.3, 0.4) is 0 Å². The highest BCUT2D eigenvalue weighted by Gasteiger charge is 2.16. The summed E-state index contributed by atoms with van der Waals surface area (Å²) in [5.74, 6) is -1.59. The van der Waals surface area contributed by atoms with Gasteiger partial charge >= 0.3 is 5.97 Å². The summed E-state index contributed by atoms with van der Waals surface area (Å²) < 4.78 is 0. The molecule has 1 aromatic heterocycles. The van der Waals surface area contributed by atoms with E-state index in [-0.39, 0.29) is 11.1 Å². The van der Waals surface area contributed by atoms with Gasteiger partial charge in [0.1, 0.15) is 0 Å². The van der Waals surface area contributed by atoms with Crippen LogP contribution in [-0.4, -0.2) is 22.0 Å². The summed E-state index contributed by atoms with van der Waals surface area (Å²) in [4.78, 5) is 27.1. The average Bonchev–Trinajstić information content (AvgIpc) is 2.39. The van der Waals surface area contributed by atoms with E-state index in [1.165, 1.54) is 18.3 Å². The number of anilines is 1. The Morgan fingerprint density at radius 2 is 2.00 bits per heavy atom. The smallest absolute Gasteiger partial charge is 0.336 e. The van der Waals surface area contributed by atoms with Gasteiger partial charge in [-0.1, -0.05) is 11.6 Å². The molecule has 0 fully saturated rings. The van der Waals surface area contributed by atoms with Crippen molar-refractivity contribution in [3.05, 3.63) is 59.4 Å². The summed E-state index contributed by atoms with van der Waals surface area (Å²) in [7, 11) is 0. The third-order valence-electron chi connectivity index (χ3n) is 2.57. The van der Waals surface area contributed by atoms with Gasteiger partial charge in [-0.05, 0) is 31.2 Å². The molecule has 0 aliphatic heterocycles. The van der Waals surface area contributed by atoms with Gasteiger partial charge in [-0.2, -0.15) is 0 Å². The number of nitrogens with zero attached hydrogens (tertiary/aromatic N) is 1. The summed E-state index contributed by atoms with van der Waals surface area (Å²) >= 11 is 0. The minimum atomic E-state index is -1.12. The van der Waals surface area contributed by atoms with Gasteiger partial charge in [-0.25, -0.2) is 4.79 Å². The molecule has 19 heavy (non-hydrogen) atoms. The topological polar surface area (TPSA) is 79.3 Å². The maximum atomic E-state index is 12.0. The van der Waals surface area contributed by atoms with Crippen LogP contribution >= 0.6 is 0 Å². The molecule has 1 aromatic carbocycles. The number of carbonyl (C=O) groups excluding carboxylic acids is 1. The number of aryl methyl sites for hydroxylation is 1. The molecule has 1 amide bonds. The number of nitrogens with one attached hydrogen (secondary N) is 1. The lowest BCUT2D eigenvalue weighted by Crippen LogP contribution is -2.16. The third kappa shape index (κ3) is 2.95. The average molecular weight is 256 g/mol. The second-order valence-corrected chi connectivity index (χ2v) is 4.05. The number of hydrogen-bond donors (Lipinski definition) is 2. The monoisotopic (exact) mass is 256 g/mol. The quantitative estimate of drug-likeness (QED) is 0.883. The highest BCUT2D eigenvalue weighted by molar-refractivity contribution is 6.10. The van der Waals surface area contributed by atoms with Crippen LogP contribution in [-0.2, 0) is 0 Å². The first-order valence-corrected chi connectivity index (χ1v) is 5.63. The minimum absolute atomic E-state index is 0.0126. The Morgan fingerprint density at radius 3 is 2.63 bits per heavy atom. The molecule has 0 radical (unpaired) electrons.